The van der Waals surface area contributed by atoms with Gasteiger partial charge in [-0.2, -0.15) is 0 Å². The minimum Gasteiger partial charge on any atom is -0.465 e. The zero-order valence-electron chi connectivity index (χ0n) is 13.0. The normalized spacial score (nSPS) is 35.3. The largest absolute Gasteiger partial charge is 0.465 e. The standard InChI is InChI=1S/C15H27NO4/c1-14(2,3)15(4)9-11(10-16(15)13(17)18)20-12-7-5-6-8-19-12/h11-12H,5-10H2,1-4H3,(H,17,18)/t11-,12?,15+/m0/s1. The molecule has 1 unspecified atom stereocenters. The van der Waals surface area contributed by atoms with Crippen molar-refractivity contribution in [3.05, 3.63) is 0 Å². The summed E-state index contributed by atoms with van der Waals surface area (Å²) < 4.78 is 11.6. The Balaban J connectivity index is 2.06. The zero-order chi connectivity index (χ0) is 15.0. The second-order valence-electron chi connectivity index (χ2n) is 7.18. The van der Waals surface area contributed by atoms with Gasteiger partial charge >= 0.3 is 6.09 Å². The van der Waals surface area contributed by atoms with Crippen molar-refractivity contribution in [2.75, 3.05) is 13.2 Å². The Labute approximate surface area is 121 Å². The van der Waals surface area contributed by atoms with Gasteiger partial charge in [-0.05, 0) is 38.0 Å². The van der Waals surface area contributed by atoms with Crippen LogP contribution in [0.25, 0.3) is 0 Å². The van der Waals surface area contributed by atoms with Crippen LogP contribution in [-0.4, -0.2) is 47.2 Å². The molecule has 20 heavy (non-hydrogen) atoms. The van der Waals surface area contributed by atoms with Crippen LogP contribution in [0, 0.1) is 5.41 Å². The molecular weight excluding hydrogens is 258 g/mol. The quantitative estimate of drug-likeness (QED) is 0.847. The number of rotatable bonds is 2. The molecule has 0 aromatic carbocycles. The van der Waals surface area contributed by atoms with Gasteiger partial charge in [-0.1, -0.05) is 20.8 Å². The predicted octanol–water partition coefficient (Wildman–Crippen LogP) is 3.09. The molecule has 2 heterocycles. The van der Waals surface area contributed by atoms with E-state index < -0.39 is 11.6 Å². The highest BCUT2D eigenvalue weighted by atomic mass is 16.7. The van der Waals surface area contributed by atoms with Gasteiger partial charge in [0.1, 0.15) is 0 Å². The molecule has 0 aromatic heterocycles. The summed E-state index contributed by atoms with van der Waals surface area (Å²) in [5, 5.41) is 9.47. The van der Waals surface area contributed by atoms with E-state index in [2.05, 4.69) is 20.8 Å². The molecule has 2 aliphatic heterocycles. The van der Waals surface area contributed by atoms with Crippen LogP contribution < -0.4 is 0 Å². The number of likely N-dealkylation sites (tertiary alicyclic amines) is 1. The van der Waals surface area contributed by atoms with Gasteiger partial charge in [-0.25, -0.2) is 4.79 Å². The number of nitrogens with zero attached hydrogens (tertiary/aromatic N) is 1. The molecular formula is C15H27NO4. The first-order valence-corrected chi connectivity index (χ1v) is 7.52. The van der Waals surface area contributed by atoms with E-state index in [9.17, 15) is 9.90 Å². The van der Waals surface area contributed by atoms with Crippen molar-refractivity contribution in [1.82, 2.24) is 4.90 Å². The maximum absolute atomic E-state index is 11.5. The van der Waals surface area contributed by atoms with Crippen LogP contribution in [0.3, 0.4) is 0 Å². The third kappa shape index (κ3) is 2.93. The van der Waals surface area contributed by atoms with E-state index >= 15 is 0 Å². The van der Waals surface area contributed by atoms with Crippen LogP contribution >= 0.6 is 0 Å². The number of hydrogen-bond donors (Lipinski definition) is 1. The molecule has 0 aliphatic carbocycles. The fourth-order valence-corrected chi connectivity index (χ4v) is 3.15. The van der Waals surface area contributed by atoms with Crippen molar-refractivity contribution in [2.24, 2.45) is 5.41 Å². The maximum atomic E-state index is 11.5. The van der Waals surface area contributed by atoms with Gasteiger partial charge in [0, 0.05) is 6.61 Å². The molecule has 2 aliphatic rings. The Hall–Kier alpha value is -0.810. The molecule has 3 atom stereocenters. The summed E-state index contributed by atoms with van der Waals surface area (Å²) in [5.41, 5.74) is -0.533. The second-order valence-corrected chi connectivity index (χ2v) is 7.18. The SMILES string of the molecule is CC(C)(C)[C@@]1(C)C[C@H](OC2CCCCO2)CN1C(=O)O. The van der Waals surface area contributed by atoms with Gasteiger partial charge in [0.05, 0.1) is 18.2 Å². The third-order valence-electron chi connectivity index (χ3n) is 4.94. The Morgan fingerprint density at radius 3 is 2.55 bits per heavy atom. The first kappa shape index (κ1) is 15.6. The molecule has 0 saturated carbocycles. The number of carboxylic acid groups (broad SMARTS) is 1. The molecule has 2 fully saturated rings. The maximum Gasteiger partial charge on any atom is 0.407 e. The molecule has 2 saturated heterocycles. The van der Waals surface area contributed by atoms with Crippen molar-refractivity contribution < 1.29 is 19.4 Å². The highest BCUT2D eigenvalue weighted by Gasteiger charge is 2.52. The van der Waals surface area contributed by atoms with Crippen LogP contribution in [0.2, 0.25) is 0 Å². The monoisotopic (exact) mass is 285 g/mol. The van der Waals surface area contributed by atoms with Gasteiger partial charge in [0.2, 0.25) is 0 Å². The van der Waals surface area contributed by atoms with Crippen molar-refractivity contribution in [1.29, 1.82) is 0 Å². The molecule has 1 N–H and O–H groups in total. The van der Waals surface area contributed by atoms with Crippen LogP contribution in [-0.2, 0) is 9.47 Å². The summed E-state index contributed by atoms with van der Waals surface area (Å²) in [5.74, 6) is 0. The van der Waals surface area contributed by atoms with E-state index in [1.165, 1.54) is 0 Å². The molecule has 5 heteroatoms. The summed E-state index contributed by atoms with van der Waals surface area (Å²) in [7, 11) is 0. The van der Waals surface area contributed by atoms with Crippen LogP contribution in [0.4, 0.5) is 4.79 Å². The minimum atomic E-state index is -0.863. The smallest absolute Gasteiger partial charge is 0.407 e. The first-order valence-electron chi connectivity index (χ1n) is 7.52. The molecule has 0 aromatic rings. The lowest BCUT2D eigenvalue weighted by molar-refractivity contribution is -0.185. The van der Waals surface area contributed by atoms with Crippen molar-refractivity contribution in [2.45, 2.75) is 71.3 Å². The number of carbonyl (C=O) groups is 1. The fourth-order valence-electron chi connectivity index (χ4n) is 3.15. The molecule has 116 valence electrons. The number of amides is 1. The average molecular weight is 285 g/mol. The van der Waals surface area contributed by atoms with E-state index in [1.807, 2.05) is 6.92 Å². The van der Waals surface area contributed by atoms with E-state index in [0.717, 1.165) is 32.3 Å². The average Bonchev–Trinajstić information content (AvgIpc) is 2.68. The molecule has 5 nitrogen and oxygen atoms in total. The first-order chi connectivity index (χ1) is 9.24. The van der Waals surface area contributed by atoms with E-state index in [1.54, 1.807) is 4.90 Å². The highest BCUT2D eigenvalue weighted by molar-refractivity contribution is 5.67. The van der Waals surface area contributed by atoms with Gasteiger partial charge < -0.3 is 14.6 Å². The molecule has 2 rings (SSSR count). The topological polar surface area (TPSA) is 59.0 Å². The Bertz CT molecular complexity index is 359. The molecule has 0 bridgehead atoms. The molecule has 0 radical (unpaired) electrons. The Kier molecular flexibility index (Phi) is 4.30. The van der Waals surface area contributed by atoms with Crippen LogP contribution in [0.5, 0.6) is 0 Å². The summed E-state index contributed by atoms with van der Waals surface area (Å²) >= 11 is 0. The molecule has 0 spiro atoms. The zero-order valence-corrected chi connectivity index (χ0v) is 13.0. The van der Waals surface area contributed by atoms with E-state index in [0.29, 0.717) is 6.54 Å². The summed E-state index contributed by atoms with van der Waals surface area (Å²) in [4.78, 5) is 13.1. The van der Waals surface area contributed by atoms with Gasteiger partial charge in [0.25, 0.3) is 0 Å². The molecule has 1 amide bonds. The highest BCUT2D eigenvalue weighted by Crippen LogP contribution is 2.44. The number of hydrogen-bond acceptors (Lipinski definition) is 3. The van der Waals surface area contributed by atoms with Gasteiger partial charge in [-0.15, -0.1) is 0 Å². The minimum absolute atomic E-state index is 0.0709. The Morgan fingerprint density at radius 1 is 1.40 bits per heavy atom. The number of ether oxygens (including phenoxy) is 2. The van der Waals surface area contributed by atoms with Crippen molar-refractivity contribution in [3.63, 3.8) is 0 Å². The van der Waals surface area contributed by atoms with E-state index in [-0.39, 0.29) is 17.8 Å². The lowest BCUT2D eigenvalue weighted by Crippen LogP contribution is -2.52. The van der Waals surface area contributed by atoms with Crippen LogP contribution in [0.1, 0.15) is 53.4 Å². The summed E-state index contributed by atoms with van der Waals surface area (Å²) in [6.45, 7) is 9.46. The van der Waals surface area contributed by atoms with Crippen molar-refractivity contribution in [3.8, 4) is 0 Å². The fraction of sp³-hybridized carbons (Fsp3) is 0.933. The Morgan fingerprint density at radius 2 is 2.10 bits per heavy atom. The van der Waals surface area contributed by atoms with Crippen LogP contribution in [0.15, 0.2) is 0 Å². The van der Waals surface area contributed by atoms with Gasteiger partial charge in [-0.3, -0.25) is 4.90 Å². The van der Waals surface area contributed by atoms with E-state index in [4.69, 9.17) is 9.47 Å². The second kappa shape index (κ2) is 5.53. The van der Waals surface area contributed by atoms with Crippen molar-refractivity contribution >= 4 is 6.09 Å². The van der Waals surface area contributed by atoms with Gasteiger partial charge in [0.15, 0.2) is 6.29 Å². The predicted molar refractivity (Wildman–Crippen MR) is 75.7 cm³/mol. The third-order valence-corrected chi connectivity index (χ3v) is 4.94. The summed E-state index contributed by atoms with van der Waals surface area (Å²) in [6.07, 6.45) is 2.75. The summed E-state index contributed by atoms with van der Waals surface area (Å²) in [6, 6.07) is 0. The lowest BCUT2D eigenvalue weighted by Gasteiger charge is -2.44. The lowest BCUT2D eigenvalue weighted by atomic mass is 9.73.